The van der Waals surface area contributed by atoms with Gasteiger partial charge in [-0.1, -0.05) is 29.8 Å². The minimum Gasteiger partial charge on any atom is -0.496 e. The van der Waals surface area contributed by atoms with E-state index in [1.807, 2.05) is 0 Å². The van der Waals surface area contributed by atoms with E-state index in [-0.39, 0.29) is 17.2 Å². The van der Waals surface area contributed by atoms with E-state index in [1.54, 1.807) is 12.1 Å². The molecule has 0 spiro atoms. The van der Waals surface area contributed by atoms with Gasteiger partial charge in [-0.25, -0.2) is 12.7 Å². The molecule has 0 saturated carbocycles. The number of methoxy groups -OCH3 is 1. The van der Waals surface area contributed by atoms with Crippen LogP contribution in [0.3, 0.4) is 0 Å². The number of sulfonamides is 1. The molecule has 2 aromatic rings. The van der Waals surface area contributed by atoms with Crippen LogP contribution in [0.4, 0.5) is 0 Å². The molecule has 1 amide bonds. The number of aryl methyl sites for hydroxylation is 3. The molecule has 2 aromatic carbocycles. The number of nitrogens with zero attached hydrogens (tertiary/aromatic N) is 1. The molecule has 0 aromatic heterocycles. The number of rotatable bonds is 10. The Morgan fingerprint density at radius 2 is 1.76 bits per heavy atom. The Labute approximate surface area is 173 Å². The van der Waals surface area contributed by atoms with E-state index in [4.69, 9.17) is 4.74 Å². The molecule has 0 aliphatic heterocycles. The molecule has 0 fully saturated rings. The van der Waals surface area contributed by atoms with Crippen molar-refractivity contribution in [3.05, 3.63) is 59.2 Å². The molecular formula is C22H30N2O4S. The molecule has 7 heteroatoms. The van der Waals surface area contributed by atoms with Crippen LogP contribution in [0.1, 0.15) is 29.5 Å². The smallest absolute Gasteiger partial charge is 0.242 e. The van der Waals surface area contributed by atoms with Crippen LogP contribution < -0.4 is 10.1 Å². The average molecular weight is 419 g/mol. The Morgan fingerprint density at radius 3 is 2.38 bits per heavy atom. The number of carbonyl (C=O) groups is 1. The van der Waals surface area contributed by atoms with E-state index in [0.29, 0.717) is 24.3 Å². The second-order valence-electron chi connectivity index (χ2n) is 7.20. The summed E-state index contributed by atoms with van der Waals surface area (Å²) in [5, 5.41) is 2.93. The molecule has 0 atom stereocenters. The highest BCUT2D eigenvalue weighted by molar-refractivity contribution is 7.89. The molecule has 0 heterocycles. The van der Waals surface area contributed by atoms with Gasteiger partial charge in [0.15, 0.2) is 0 Å². The van der Waals surface area contributed by atoms with Gasteiger partial charge in [0.2, 0.25) is 15.9 Å². The molecule has 0 aliphatic carbocycles. The summed E-state index contributed by atoms with van der Waals surface area (Å²) in [5.74, 6) is 0.520. The minimum absolute atomic E-state index is 0.0585. The molecule has 158 valence electrons. The van der Waals surface area contributed by atoms with Crippen molar-refractivity contribution in [1.82, 2.24) is 9.62 Å². The van der Waals surface area contributed by atoms with Gasteiger partial charge < -0.3 is 10.1 Å². The van der Waals surface area contributed by atoms with Crippen molar-refractivity contribution >= 4 is 15.9 Å². The lowest BCUT2D eigenvalue weighted by Crippen LogP contribution is -2.25. The van der Waals surface area contributed by atoms with Gasteiger partial charge in [0.1, 0.15) is 5.75 Å². The summed E-state index contributed by atoms with van der Waals surface area (Å²) in [4.78, 5) is 12.4. The van der Waals surface area contributed by atoms with Crippen molar-refractivity contribution in [3.8, 4) is 5.75 Å². The lowest BCUT2D eigenvalue weighted by Gasteiger charge is -2.14. The number of ether oxygens (including phenoxy) is 1. The third-order valence-electron chi connectivity index (χ3n) is 4.74. The Morgan fingerprint density at radius 1 is 1.07 bits per heavy atom. The summed E-state index contributed by atoms with van der Waals surface area (Å²) < 4.78 is 31.2. The first-order valence-electron chi connectivity index (χ1n) is 9.65. The second kappa shape index (κ2) is 10.4. The van der Waals surface area contributed by atoms with E-state index < -0.39 is 10.0 Å². The van der Waals surface area contributed by atoms with Crippen molar-refractivity contribution in [2.24, 2.45) is 0 Å². The minimum atomic E-state index is -3.53. The highest BCUT2D eigenvalue weighted by Crippen LogP contribution is 2.25. The van der Waals surface area contributed by atoms with Crippen LogP contribution in [-0.2, 0) is 27.7 Å². The quantitative estimate of drug-likeness (QED) is 0.602. The van der Waals surface area contributed by atoms with E-state index >= 15 is 0 Å². The van der Waals surface area contributed by atoms with Gasteiger partial charge in [0.05, 0.1) is 12.0 Å². The Kier molecular flexibility index (Phi) is 8.22. The van der Waals surface area contributed by atoms with E-state index in [0.717, 1.165) is 12.8 Å². The van der Waals surface area contributed by atoms with Crippen molar-refractivity contribution in [2.45, 2.75) is 37.5 Å². The molecule has 0 unspecified atom stereocenters. The predicted molar refractivity (Wildman–Crippen MR) is 115 cm³/mol. The van der Waals surface area contributed by atoms with Crippen LogP contribution in [0.15, 0.2) is 47.4 Å². The summed E-state index contributed by atoms with van der Waals surface area (Å²) in [5.41, 5.74) is 3.19. The molecule has 0 radical (unpaired) electrons. The lowest BCUT2D eigenvalue weighted by molar-refractivity contribution is -0.121. The zero-order valence-corrected chi connectivity index (χ0v) is 18.4. The first-order chi connectivity index (χ1) is 13.7. The molecule has 2 rings (SSSR count). The average Bonchev–Trinajstić information content (AvgIpc) is 2.70. The molecule has 0 saturated heterocycles. The molecule has 29 heavy (non-hydrogen) atoms. The van der Waals surface area contributed by atoms with Crippen LogP contribution in [-0.4, -0.2) is 46.4 Å². The van der Waals surface area contributed by atoms with Gasteiger partial charge in [-0.3, -0.25) is 4.79 Å². The maximum absolute atomic E-state index is 12.3. The highest BCUT2D eigenvalue weighted by atomic mass is 32.2. The van der Waals surface area contributed by atoms with Gasteiger partial charge in [-0.2, -0.15) is 0 Å². The third-order valence-corrected chi connectivity index (χ3v) is 6.55. The fourth-order valence-electron chi connectivity index (χ4n) is 2.93. The van der Waals surface area contributed by atoms with Crippen LogP contribution >= 0.6 is 0 Å². The molecule has 0 aliphatic rings. The summed E-state index contributed by atoms with van der Waals surface area (Å²) in [7, 11) is 0.978. The van der Waals surface area contributed by atoms with Crippen molar-refractivity contribution in [1.29, 1.82) is 0 Å². The van der Waals surface area contributed by atoms with Gasteiger partial charge >= 0.3 is 0 Å². The van der Waals surface area contributed by atoms with Gasteiger partial charge in [-0.05, 0) is 55.5 Å². The fourth-order valence-corrected chi connectivity index (χ4v) is 3.89. The normalized spacial score (nSPS) is 11.5. The fraction of sp³-hybridized carbons (Fsp3) is 0.409. The van der Waals surface area contributed by atoms with Crippen LogP contribution in [0.25, 0.3) is 0 Å². The number of carbonyl (C=O) groups excluding carboxylic acids is 1. The monoisotopic (exact) mass is 418 g/mol. The third kappa shape index (κ3) is 6.58. The lowest BCUT2D eigenvalue weighted by atomic mass is 10.1. The number of hydrogen-bond donors (Lipinski definition) is 1. The largest absolute Gasteiger partial charge is 0.496 e. The van der Waals surface area contributed by atoms with Gasteiger partial charge in [0.25, 0.3) is 0 Å². The standard InChI is InChI=1S/C22H30N2O4S/c1-17-7-9-18(10-8-17)6-5-15-23-22(25)14-11-19-16-20(12-13-21(19)28-4)29(26,27)24(2)3/h7-10,12-13,16H,5-6,11,14-15H2,1-4H3,(H,23,25). The first kappa shape index (κ1) is 22.9. The Bertz CT molecular complexity index is 922. The van der Waals surface area contributed by atoms with Crippen molar-refractivity contribution < 1.29 is 17.9 Å². The number of hydrogen-bond acceptors (Lipinski definition) is 4. The van der Waals surface area contributed by atoms with Crippen molar-refractivity contribution in [3.63, 3.8) is 0 Å². The van der Waals surface area contributed by atoms with E-state index in [1.165, 1.54) is 42.7 Å². The highest BCUT2D eigenvalue weighted by Gasteiger charge is 2.19. The van der Waals surface area contributed by atoms with Crippen LogP contribution in [0, 0.1) is 6.92 Å². The number of amides is 1. The number of benzene rings is 2. The predicted octanol–water partition coefficient (Wildman–Crippen LogP) is 2.94. The maximum Gasteiger partial charge on any atom is 0.242 e. The summed E-state index contributed by atoms with van der Waals surface area (Å²) in [6.45, 7) is 2.67. The topological polar surface area (TPSA) is 75.7 Å². The van der Waals surface area contributed by atoms with E-state index in [9.17, 15) is 13.2 Å². The zero-order chi connectivity index (χ0) is 21.4. The molecular weight excluding hydrogens is 388 g/mol. The molecule has 6 nitrogen and oxygen atoms in total. The SMILES string of the molecule is COc1ccc(S(=O)(=O)N(C)C)cc1CCC(=O)NCCCc1ccc(C)cc1. The number of nitrogens with one attached hydrogen (secondary N) is 1. The van der Waals surface area contributed by atoms with Gasteiger partial charge in [0, 0.05) is 27.1 Å². The first-order valence-corrected chi connectivity index (χ1v) is 11.1. The summed E-state index contributed by atoms with van der Waals surface area (Å²) in [6.07, 6.45) is 2.46. The molecule has 0 bridgehead atoms. The molecule has 1 N–H and O–H groups in total. The van der Waals surface area contributed by atoms with Crippen LogP contribution in [0.2, 0.25) is 0 Å². The Balaban J connectivity index is 1.87. The van der Waals surface area contributed by atoms with Crippen LogP contribution in [0.5, 0.6) is 5.75 Å². The Hall–Kier alpha value is -2.38. The summed E-state index contributed by atoms with van der Waals surface area (Å²) in [6, 6.07) is 13.1. The maximum atomic E-state index is 12.3. The zero-order valence-electron chi connectivity index (χ0n) is 17.6. The van der Waals surface area contributed by atoms with E-state index in [2.05, 4.69) is 36.5 Å². The second-order valence-corrected chi connectivity index (χ2v) is 9.35. The summed E-state index contributed by atoms with van der Waals surface area (Å²) >= 11 is 0. The van der Waals surface area contributed by atoms with Crippen molar-refractivity contribution in [2.75, 3.05) is 27.7 Å². The van der Waals surface area contributed by atoms with Gasteiger partial charge in [-0.15, -0.1) is 0 Å².